The van der Waals surface area contributed by atoms with E-state index in [-0.39, 0.29) is 0 Å². The molecule has 0 radical (unpaired) electrons. The highest BCUT2D eigenvalue weighted by atomic mass is 35.5. The van der Waals surface area contributed by atoms with Crippen LogP contribution >= 0.6 is 11.6 Å². The van der Waals surface area contributed by atoms with E-state index >= 15 is 0 Å². The first-order valence-corrected chi connectivity index (χ1v) is 3.22. The Morgan fingerprint density at radius 3 is 2.00 bits per heavy atom. The molecule has 0 aromatic heterocycles. The average Bonchev–Trinajstić information content (AvgIpc) is 1.68. The smallest absolute Gasteiger partial charge is 0.102 e. The van der Waals surface area contributed by atoms with Crippen LogP contribution in [-0.4, -0.2) is 13.7 Å². The molecule has 0 spiro atoms. The van der Waals surface area contributed by atoms with E-state index in [1.54, 1.807) is 0 Å². The minimum absolute atomic E-state index is 0.349. The maximum Gasteiger partial charge on any atom is 0.102 e. The Bertz CT molecular complexity index is 46.0. The van der Waals surface area contributed by atoms with Crippen molar-refractivity contribution in [3.63, 3.8) is 0 Å². The van der Waals surface area contributed by atoms with Gasteiger partial charge in [-0.25, -0.2) is 0 Å². The number of hydrogen-bond donors (Lipinski definition) is 0. The molecule has 0 amide bonds. The van der Waals surface area contributed by atoms with Gasteiger partial charge in [0.25, 0.3) is 0 Å². The van der Waals surface area contributed by atoms with Crippen molar-refractivity contribution in [2.75, 3.05) is 5.88 Å². The Balaban J connectivity index is 3.36. The fourth-order valence-corrected chi connectivity index (χ4v) is 0.283. The summed E-state index contributed by atoms with van der Waals surface area (Å²) in [5.41, 5.74) is 0.349. The van der Waals surface area contributed by atoms with Crippen molar-refractivity contribution in [1.29, 1.82) is 0 Å². The summed E-state index contributed by atoms with van der Waals surface area (Å²) in [5, 5.41) is 0. The topological polar surface area (TPSA) is 0 Å². The SMILES string of the molecule is BCC(C)(C)CCl. The van der Waals surface area contributed by atoms with Gasteiger partial charge in [0.05, 0.1) is 0 Å². The lowest BCUT2D eigenvalue weighted by atomic mass is 9.81. The van der Waals surface area contributed by atoms with Gasteiger partial charge in [0.15, 0.2) is 0 Å². The van der Waals surface area contributed by atoms with Crippen LogP contribution in [0.3, 0.4) is 0 Å². The van der Waals surface area contributed by atoms with Crippen LogP contribution < -0.4 is 0 Å². The van der Waals surface area contributed by atoms with Gasteiger partial charge < -0.3 is 0 Å². The van der Waals surface area contributed by atoms with Gasteiger partial charge in [0, 0.05) is 5.88 Å². The summed E-state index contributed by atoms with van der Waals surface area (Å²) in [7, 11) is 2.16. The minimum Gasteiger partial charge on any atom is -0.126 e. The standard InChI is InChI=1S/C5H12BCl/c1-5(2,3-6)4-7/h3-4,6H2,1-2H3. The summed E-state index contributed by atoms with van der Waals surface area (Å²) in [5.74, 6) is 0.767. The molecule has 0 fully saturated rings. The first-order valence-electron chi connectivity index (χ1n) is 2.68. The first kappa shape index (κ1) is 7.35. The van der Waals surface area contributed by atoms with E-state index in [2.05, 4.69) is 21.7 Å². The summed E-state index contributed by atoms with van der Waals surface area (Å²) in [4.78, 5) is 0. The molecule has 0 aromatic rings. The third-order valence-corrected chi connectivity index (χ3v) is 2.04. The normalized spacial score (nSPS) is 11.9. The molecule has 0 unspecified atom stereocenters. The maximum absolute atomic E-state index is 5.59. The van der Waals surface area contributed by atoms with Crippen molar-refractivity contribution in [1.82, 2.24) is 0 Å². The lowest BCUT2D eigenvalue weighted by Crippen LogP contribution is -2.11. The highest BCUT2D eigenvalue weighted by Gasteiger charge is 2.11. The van der Waals surface area contributed by atoms with Crippen LogP contribution in [0.5, 0.6) is 0 Å². The summed E-state index contributed by atoms with van der Waals surface area (Å²) in [6, 6.07) is 0. The third kappa shape index (κ3) is 2.98. The second-order valence-electron chi connectivity index (χ2n) is 2.65. The fourth-order valence-electron chi connectivity index (χ4n) is 0.0945. The van der Waals surface area contributed by atoms with Crippen LogP contribution in [0.1, 0.15) is 13.8 Å². The van der Waals surface area contributed by atoms with E-state index in [0.717, 1.165) is 12.2 Å². The van der Waals surface area contributed by atoms with Crippen LogP contribution in [0.2, 0.25) is 6.32 Å². The Morgan fingerprint density at radius 1 is 1.57 bits per heavy atom. The predicted molar refractivity (Wildman–Crippen MR) is 37.9 cm³/mol. The summed E-state index contributed by atoms with van der Waals surface area (Å²) in [6.07, 6.45) is 1.16. The molecule has 0 atom stereocenters. The van der Waals surface area contributed by atoms with Gasteiger partial charge in [0.2, 0.25) is 0 Å². The predicted octanol–water partition coefficient (Wildman–Crippen LogP) is 1.30. The first-order chi connectivity index (χ1) is 3.12. The Hall–Kier alpha value is 0.355. The lowest BCUT2D eigenvalue weighted by molar-refractivity contribution is 0.477. The molecule has 0 aromatic carbocycles. The van der Waals surface area contributed by atoms with Crippen molar-refractivity contribution in [2.24, 2.45) is 5.41 Å². The second-order valence-corrected chi connectivity index (χ2v) is 2.92. The Kier molecular flexibility index (Phi) is 2.74. The highest BCUT2D eigenvalue weighted by Crippen LogP contribution is 2.19. The van der Waals surface area contributed by atoms with Crippen LogP contribution in [0.15, 0.2) is 0 Å². The quantitative estimate of drug-likeness (QED) is 0.379. The molecule has 42 valence electrons. The van der Waals surface area contributed by atoms with Gasteiger partial charge in [-0.1, -0.05) is 20.2 Å². The zero-order valence-electron chi connectivity index (χ0n) is 5.29. The molecule has 0 nitrogen and oxygen atoms in total. The lowest BCUT2D eigenvalue weighted by Gasteiger charge is -2.17. The monoisotopic (exact) mass is 118 g/mol. The van der Waals surface area contributed by atoms with Crippen LogP contribution in [0.4, 0.5) is 0 Å². The molecule has 7 heavy (non-hydrogen) atoms. The fraction of sp³-hybridized carbons (Fsp3) is 1.00. The molecular formula is C5H12BCl. The molecule has 0 saturated heterocycles. The van der Waals surface area contributed by atoms with E-state index in [0.29, 0.717) is 5.41 Å². The zero-order chi connectivity index (χ0) is 5.91. The van der Waals surface area contributed by atoms with Gasteiger partial charge in [-0.05, 0) is 5.41 Å². The molecule has 0 heterocycles. The van der Waals surface area contributed by atoms with Gasteiger partial charge in [-0.15, -0.1) is 11.6 Å². The Labute approximate surface area is 51.7 Å². The molecule has 0 bridgehead atoms. The third-order valence-electron chi connectivity index (χ3n) is 1.32. The minimum atomic E-state index is 0.349. The Morgan fingerprint density at radius 2 is 2.00 bits per heavy atom. The zero-order valence-corrected chi connectivity index (χ0v) is 6.05. The number of halogens is 1. The molecular weight excluding hydrogens is 106 g/mol. The summed E-state index contributed by atoms with van der Waals surface area (Å²) in [6.45, 7) is 4.33. The van der Waals surface area contributed by atoms with E-state index in [4.69, 9.17) is 11.6 Å². The van der Waals surface area contributed by atoms with Gasteiger partial charge in [0.1, 0.15) is 7.85 Å². The number of alkyl halides is 1. The molecule has 0 saturated carbocycles. The summed E-state index contributed by atoms with van der Waals surface area (Å²) >= 11 is 5.59. The van der Waals surface area contributed by atoms with E-state index < -0.39 is 0 Å². The summed E-state index contributed by atoms with van der Waals surface area (Å²) < 4.78 is 0. The molecule has 0 aliphatic heterocycles. The number of rotatable bonds is 2. The van der Waals surface area contributed by atoms with Crippen molar-refractivity contribution in [3.8, 4) is 0 Å². The molecule has 0 N–H and O–H groups in total. The molecule has 2 heteroatoms. The van der Waals surface area contributed by atoms with Crippen LogP contribution in [0, 0.1) is 5.41 Å². The van der Waals surface area contributed by atoms with E-state index in [1.807, 2.05) is 0 Å². The van der Waals surface area contributed by atoms with Crippen LogP contribution in [0.25, 0.3) is 0 Å². The van der Waals surface area contributed by atoms with Crippen molar-refractivity contribution in [2.45, 2.75) is 20.2 Å². The van der Waals surface area contributed by atoms with Crippen molar-refractivity contribution in [3.05, 3.63) is 0 Å². The maximum atomic E-state index is 5.59. The van der Waals surface area contributed by atoms with Gasteiger partial charge in [-0.3, -0.25) is 0 Å². The van der Waals surface area contributed by atoms with Gasteiger partial charge in [-0.2, -0.15) is 0 Å². The molecule has 0 aliphatic rings. The highest BCUT2D eigenvalue weighted by molar-refractivity contribution is 6.19. The number of hydrogen-bond acceptors (Lipinski definition) is 0. The average molecular weight is 118 g/mol. The van der Waals surface area contributed by atoms with Crippen LogP contribution in [-0.2, 0) is 0 Å². The van der Waals surface area contributed by atoms with E-state index in [9.17, 15) is 0 Å². The van der Waals surface area contributed by atoms with Gasteiger partial charge >= 0.3 is 0 Å². The largest absolute Gasteiger partial charge is 0.126 e. The molecule has 0 rings (SSSR count). The van der Waals surface area contributed by atoms with Crippen molar-refractivity contribution >= 4 is 19.4 Å². The van der Waals surface area contributed by atoms with E-state index in [1.165, 1.54) is 0 Å². The molecule has 0 aliphatic carbocycles. The second kappa shape index (κ2) is 2.61. The van der Waals surface area contributed by atoms with Crippen molar-refractivity contribution < 1.29 is 0 Å².